The van der Waals surface area contributed by atoms with Gasteiger partial charge in [0.05, 0.1) is 0 Å². The molecule has 27 heavy (non-hydrogen) atoms. The number of carboxylic acids is 3. The van der Waals surface area contributed by atoms with Gasteiger partial charge in [-0.25, -0.2) is 0 Å². The van der Waals surface area contributed by atoms with E-state index in [9.17, 15) is 14.4 Å². The standard InChI is InChI=1S/C6H14N2O2.C5H11NO2S.C5H11NO2/c7-4-2-1-3-5(8)6(9)10;1-9-3-2-4(6)5(7)8;1-3(2)4(6)5(7)8/h5H,1-4,7-8H2,(H,9,10);4H,2-3,6H2,1H3,(H,7,8);3-4H,6H2,1-2H3,(H,7,8). The number of aliphatic carboxylic acids is 3. The second kappa shape index (κ2) is 19.4. The molecule has 0 aliphatic heterocycles. The highest BCUT2D eigenvalue weighted by atomic mass is 32.2. The van der Waals surface area contributed by atoms with E-state index < -0.39 is 36.0 Å². The second-order valence-electron chi connectivity index (χ2n) is 6.06. The van der Waals surface area contributed by atoms with Gasteiger partial charge in [-0.3, -0.25) is 14.4 Å². The van der Waals surface area contributed by atoms with E-state index in [4.69, 9.17) is 38.3 Å². The Morgan fingerprint density at radius 2 is 1.30 bits per heavy atom. The van der Waals surface area contributed by atoms with E-state index in [-0.39, 0.29) is 5.92 Å². The summed E-state index contributed by atoms with van der Waals surface area (Å²) in [6.07, 6.45) is 4.64. The number of carbonyl (C=O) groups is 3. The quantitative estimate of drug-likeness (QED) is 0.219. The van der Waals surface area contributed by atoms with Crippen LogP contribution in [-0.4, -0.2) is 69.9 Å². The molecule has 0 aromatic rings. The Kier molecular flexibility index (Phi) is 21.8. The van der Waals surface area contributed by atoms with E-state index in [1.807, 2.05) is 6.26 Å². The highest BCUT2D eigenvalue weighted by Gasteiger charge is 2.14. The van der Waals surface area contributed by atoms with Crippen LogP contribution in [0.3, 0.4) is 0 Å². The van der Waals surface area contributed by atoms with Crippen molar-refractivity contribution in [2.45, 2.75) is 57.7 Å². The van der Waals surface area contributed by atoms with Gasteiger partial charge in [-0.05, 0) is 43.7 Å². The molecule has 0 aromatic carbocycles. The highest BCUT2D eigenvalue weighted by Crippen LogP contribution is 1.98. The number of rotatable bonds is 11. The zero-order valence-corrected chi connectivity index (χ0v) is 17.2. The Bertz CT molecular complexity index is 412. The third-order valence-corrected chi connectivity index (χ3v) is 3.88. The molecular formula is C16H36N4O6S. The van der Waals surface area contributed by atoms with Crippen LogP contribution >= 0.6 is 11.8 Å². The number of unbranched alkanes of at least 4 members (excludes halogenated alkanes) is 1. The first-order valence-electron chi connectivity index (χ1n) is 8.56. The Morgan fingerprint density at radius 3 is 1.56 bits per heavy atom. The van der Waals surface area contributed by atoms with Crippen LogP contribution < -0.4 is 22.9 Å². The molecule has 10 nitrogen and oxygen atoms in total. The minimum absolute atomic E-state index is 0.0208. The van der Waals surface area contributed by atoms with Crippen LogP contribution in [-0.2, 0) is 14.4 Å². The normalized spacial score (nSPS) is 13.3. The van der Waals surface area contributed by atoms with Crippen molar-refractivity contribution in [2.75, 3.05) is 18.6 Å². The number of carboxylic acid groups (broad SMARTS) is 3. The lowest BCUT2D eigenvalue weighted by Crippen LogP contribution is -2.34. The number of hydrogen-bond donors (Lipinski definition) is 7. The fraction of sp³-hybridized carbons (Fsp3) is 0.812. The molecule has 11 heteroatoms. The molecule has 0 saturated heterocycles. The minimum Gasteiger partial charge on any atom is -0.480 e. The first kappa shape index (κ1) is 30.3. The molecule has 0 aromatic heterocycles. The number of hydrogen-bond acceptors (Lipinski definition) is 8. The predicted molar refractivity (Wildman–Crippen MR) is 108 cm³/mol. The van der Waals surface area contributed by atoms with Gasteiger partial charge in [-0.2, -0.15) is 11.8 Å². The van der Waals surface area contributed by atoms with Crippen molar-refractivity contribution in [1.29, 1.82) is 0 Å². The summed E-state index contributed by atoms with van der Waals surface area (Å²) in [6.45, 7) is 4.16. The van der Waals surface area contributed by atoms with Crippen LogP contribution in [0.2, 0.25) is 0 Å². The first-order chi connectivity index (χ1) is 12.4. The van der Waals surface area contributed by atoms with Gasteiger partial charge >= 0.3 is 17.9 Å². The molecule has 0 amide bonds. The number of nitrogens with two attached hydrogens (primary N) is 4. The summed E-state index contributed by atoms with van der Waals surface area (Å²) in [5.74, 6) is -1.94. The second-order valence-corrected chi connectivity index (χ2v) is 7.05. The third-order valence-electron chi connectivity index (χ3n) is 3.24. The van der Waals surface area contributed by atoms with Crippen molar-refractivity contribution < 1.29 is 29.7 Å². The smallest absolute Gasteiger partial charge is 0.320 e. The Morgan fingerprint density at radius 1 is 0.852 bits per heavy atom. The molecule has 0 aliphatic rings. The van der Waals surface area contributed by atoms with Gasteiger partial charge in [0.1, 0.15) is 18.1 Å². The van der Waals surface area contributed by atoms with Gasteiger partial charge in [-0.1, -0.05) is 20.3 Å². The Balaban J connectivity index is -0.000000322. The molecule has 0 heterocycles. The van der Waals surface area contributed by atoms with Crippen LogP contribution in [0.25, 0.3) is 0 Å². The zero-order chi connectivity index (χ0) is 22.0. The third kappa shape index (κ3) is 22.6. The Hall–Kier alpha value is -1.40. The molecule has 11 N–H and O–H groups in total. The maximum atomic E-state index is 10.1. The molecule has 3 atom stereocenters. The van der Waals surface area contributed by atoms with Crippen LogP contribution in [0.1, 0.15) is 39.5 Å². The summed E-state index contributed by atoms with van der Waals surface area (Å²) in [5, 5.41) is 24.8. The fourth-order valence-corrected chi connectivity index (χ4v) is 1.78. The van der Waals surface area contributed by atoms with Crippen LogP contribution in [0, 0.1) is 5.92 Å². The zero-order valence-electron chi connectivity index (χ0n) is 16.3. The van der Waals surface area contributed by atoms with Gasteiger partial charge in [0.25, 0.3) is 0 Å². The molecule has 0 bridgehead atoms. The van der Waals surface area contributed by atoms with Crippen molar-refractivity contribution in [3.63, 3.8) is 0 Å². The van der Waals surface area contributed by atoms with Crippen molar-refractivity contribution >= 4 is 29.7 Å². The van der Waals surface area contributed by atoms with E-state index in [2.05, 4.69) is 0 Å². The van der Waals surface area contributed by atoms with Crippen LogP contribution in [0.15, 0.2) is 0 Å². The average Bonchev–Trinajstić information content (AvgIpc) is 2.59. The van der Waals surface area contributed by atoms with Crippen molar-refractivity contribution in [1.82, 2.24) is 0 Å². The maximum absolute atomic E-state index is 10.1. The molecule has 0 fully saturated rings. The molecule has 0 spiro atoms. The molecule has 0 rings (SSSR count). The van der Waals surface area contributed by atoms with Gasteiger partial charge < -0.3 is 38.3 Å². The van der Waals surface area contributed by atoms with Gasteiger partial charge in [-0.15, -0.1) is 0 Å². The van der Waals surface area contributed by atoms with E-state index in [0.717, 1.165) is 18.6 Å². The molecular weight excluding hydrogens is 376 g/mol. The minimum atomic E-state index is -0.933. The molecule has 0 radical (unpaired) electrons. The first-order valence-corrected chi connectivity index (χ1v) is 9.95. The lowest BCUT2D eigenvalue weighted by atomic mass is 10.1. The molecule has 0 aliphatic carbocycles. The average molecular weight is 413 g/mol. The summed E-state index contributed by atoms with van der Waals surface area (Å²) in [7, 11) is 0. The topological polar surface area (TPSA) is 216 Å². The van der Waals surface area contributed by atoms with Crippen molar-refractivity contribution in [3.8, 4) is 0 Å². The molecule has 0 saturated carbocycles. The van der Waals surface area contributed by atoms with Gasteiger partial charge in [0.2, 0.25) is 0 Å². The van der Waals surface area contributed by atoms with E-state index in [1.165, 1.54) is 0 Å². The Labute approximate surface area is 165 Å². The molecule has 3 unspecified atom stereocenters. The van der Waals surface area contributed by atoms with Gasteiger partial charge in [0.15, 0.2) is 0 Å². The molecule has 162 valence electrons. The summed E-state index contributed by atoms with van der Waals surface area (Å²) in [4.78, 5) is 30.2. The van der Waals surface area contributed by atoms with Crippen molar-refractivity contribution in [2.24, 2.45) is 28.9 Å². The summed E-state index contributed by atoms with van der Waals surface area (Å²) < 4.78 is 0. The predicted octanol–water partition coefficient (Wildman–Crippen LogP) is -0.267. The van der Waals surface area contributed by atoms with E-state index in [0.29, 0.717) is 19.4 Å². The summed E-state index contributed by atoms with van der Waals surface area (Å²) in [6, 6.07) is -2.11. The number of thioether (sulfide) groups is 1. The van der Waals surface area contributed by atoms with E-state index >= 15 is 0 Å². The fourth-order valence-electron chi connectivity index (χ4n) is 1.29. The monoisotopic (exact) mass is 412 g/mol. The summed E-state index contributed by atoms with van der Waals surface area (Å²) >= 11 is 1.60. The lowest BCUT2D eigenvalue weighted by molar-refractivity contribution is -0.140. The van der Waals surface area contributed by atoms with Crippen LogP contribution in [0.5, 0.6) is 0 Å². The van der Waals surface area contributed by atoms with E-state index in [1.54, 1.807) is 25.6 Å². The lowest BCUT2D eigenvalue weighted by Gasteiger charge is -2.07. The van der Waals surface area contributed by atoms with Crippen molar-refractivity contribution in [3.05, 3.63) is 0 Å². The van der Waals surface area contributed by atoms with Gasteiger partial charge in [0, 0.05) is 0 Å². The maximum Gasteiger partial charge on any atom is 0.320 e. The largest absolute Gasteiger partial charge is 0.480 e. The SMILES string of the molecule is CC(C)C(N)C(=O)O.CSCCC(N)C(=O)O.NCCCCC(N)C(=O)O. The summed E-state index contributed by atoms with van der Waals surface area (Å²) in [5.41, 5.74) is 20.8. The van der Waals surface area contributed by atoms with Crippen LogP contribution in [0.4, 0.5) is 0 Å². The highest BCUT2D eigenvalue weighted by molar-refractivity contribution is 7.98.